The maximum Gasteiger partial charge on any atom is 0.240 e. The quantitative estimate of drug-likeness (QED) is 0.401. The largest absolute Gasteiger partial charge is 0.325 e. The van der Waals surface area contributed by atoms with Crippen molar-refractivity contribution in [2.24, 2.45) is 0 Å². The maximum atomic E-state index is 13.5. The number of hydrogen-bond acceptors (Lipinski definition) is 5. The lowest BCUT2D eigenvalue weighted by atomic mass is 10.0. The summed E-state index contributed by atoms with van der Waals surface area (Å²) in [5, 5.41) is 12.7. The number of benzene rings is 3. The number of nitrogens with one attached hydrogen (secondary N) is 2. The first kappa shape index (κ1) is 21.6. The first-order valence-electron chi connectivity index (χ1n) is 10.6. The SMILES string of the molecule is Cc1cc(C)cc(NC(=O)[C@H]2Sc3nnc(-c4ccccc4)n3N[C@@H]2c2ccc(Cl)cc2)c1. The molecule has 0 spiro atoms. The summed E-state index contributed by atoms with van der Waals surface area (Å²) in [4.78, 5) is 13.5. The van der Waals surface area contributed by atoms with Gasteiger partial charge in [0.05, 0.1) is 6.04 Å². The number of aryl methyl sites for hydroxylation is 2. The van der Waals surface area contributed by atoms with Crippen LogP contribution in [0.4, 0.5) is 5.69 Å². The zero-order valence-electron chi connectivity index (χ0n) is 18.1. The van der Waals surface area contributed by atoms with Crippen molar-refractivity contribution in [1.82, 2.24) is 14.9 Å². The Kier molecular flexibility index (Phi) is 5.83. The molecule has 1 aliphatic heterocycles. The lowest BCUT2D eigenvalue weighted by molar-refractivity contribution is -0.116. The lowest BCUT2D eigenvalue weighted by Gasteiger charge is -2.33. The molecule has 6 nitrogen and oxygen atoms in total. The van der Waals surface area contributed by atoms with E-state index in [2.05, 4.69) is 27.0 Å². The third-order valence-corrected chi connectivity index (χ3v) is 6.91. The normalized spacial score (nSPS) is 17.2. The molecule has 33 heavy (non-hydrogen) atoms. The average molecular weight is 476 g/mol. The molecule has 2 heterocycles. The zero-order valence-corrected chi connectivity index (χ0v) is 19.7. The Bertz CT molecular complexity index is 1290. The number of amides is 1. The summed E-state index contributed by atoms with van der Waals surface area (Å²) < 4.78 is 1.86. The molecule has 0 radical (unpaired) electrons. The Morgan fingerprint density at radius 2 is 1.70 bits per heavy atom. The van der Waals surface area contributed by atoms with E-state index in [0.29, 0.717) is 16.0 Å². The van der Waals surface area contributed by atoms with Crippen LogP contribution in [-0.2, 0) is 4.79 Å². The highest BCUT2D eigenvalue weighted by atomic mass is 35.5. The number of carbonyl (C=O) groups is 1. The van der Waals surface area contributed by atoms with Crippen LogP contribution in [0.2, 0.25) is 5.02 Å². The van der Waals surface area contributed by atoms with Gasteiger partial charge in [-0.3, -0.25) is 4.79 Å². The van der Waals surface area contributed by atoms with Crippen LogP contribution in [0.25, 0.3) is 11.4 Å². The molecule has 0 bridgehead atoms. The second-order valence-electron chi connectivity index (χ2n) is 8.07. The number of fused-ring (bicyclic) bond motifs is 1. The topological polar surface area (TPSA) is 71.8 Å². The molecule has 1 aliphatic rings. The van der Waals surface area contributed by atoms with Gasteiger partial charge in [0.15, 0.2) is 5.82 Å². The molecule has 0 unspecified atom stereocenters. The Morgan fingerprint density at radius 1 is 1.00 bits per heavy atom. The minimum Gasteiger partial charge on any atom is -0.325 e. The number of rotatable bonds is 4. The van der Waals surface area contributed by atoms with Crippen molar-refractivity contribution >= 4 is 35.0 Å². The summed E-state index contributed by atoms with van der Waals surface area (Å²) >= 11 is 7.52. The zero-order chi connectivity index (χ0) is 22.9. The summed E-state index contributed by atoms with van der Waals surface area (Å²) in [5.41, 5.74) is 8.36. The van der Waals surface area contributed by atoms with Gasteiger partial charge in [0, 0.05) is 16.3 Å². The molecule has 2 N–H and O–H groups in total. The summed E-state index contributed by atoms with van der Waals surface area (Å²) in [6, 6.07) is 23.1. The highest BCUT2D eigenvalue weighted by molar-refractivity contribution is 8.00. The molecular formula is C25H22ClN5OS. The van der Waals surface area contributed by atoms with E-state index in [1.807, 2.05) is 85.3 Å². The number of thioether (sulfide) groups is 1. The van der Waals surface area contributed by atoms with Gasteiger partial charge in [-0.25, -0.2) is 4.68 Å². The van der Waals surface area contributed by atoms with Gasteiger partial charge in [0.2, 0.25) is 11.1 Å². The fraction of sp³-hybridized carbons (Fsp3) is 0.160. The molecule has 0 saturated heterocycles. The van der Waals surface area contributed by atoms with E-state index >= 15 is 0 Å². The molecule has 2 atom stereocenters. The minimum atomic E-state index is -0.465. The highest BCUT2D eigenvalue weighted by Gasteiger charge is 2.38. The number of halogens is 1. The lowest BCUT2D eigenvalue weighted by Crippen LogP contribution is -2.41. The van der Waals surface area contributed by atoms with Crippen LogP contribution in [0.5, 0.6) is 0 Å². The number of aromatic nitrogens is 3. The van der Waals surface area contributed by atoms with Crippen molar-refractivity contribution in [3.05, 3.63) is 94.5 Å². The third-order valence-electron chi connectivity index (χ3n) is 5.45. The molecule has 3 aromatic carbocycles. The standard InChI is InChI=1S/C25H22ClN5OS/c1-15-12-16(2)14-20(13-15)27-24(32)22-21(17-8-10-19(26)11-9-17)30-31-23(28-29-25(31)33-22)18-6-4-3-5-7-18/h3-14,21-22,30H,1-2H3,(H,27,32)/t21-,22+/m1/s1. The monoisotopic (exact) mass is 475 g/mol. The molecule has 0 aliphatic carbocycles. The van der Waals surface area contributed by atoms with E-state index in [9.17, 15) is 4.79 Å². The Labute approximate surface area is 201 Å². The fourth-order valence-electron chi connectivity index (χ4n) is 4.01. The molecular weight excluding hydrogens is 454 g/mol. The number of nitrogens with zero attached hydrogens (tertiary/aromatic N) is 3. The van der Waals surface area contributed by atoms with E-state index in [1.165, 1.54) is 11.8 Å². The number of anilines is 1. The van der Waals surface area contributed by atoms with Crippen molar-refractivity contribution < 1.29 is 4.79 Å². The average Bonchev–Trinajstić information content (AvgIpc) is 3.21. The molecule has 166 valence electrons. The van der Waals surface area contributed by atoms with Crippen LogP contribution in [0.15, 0.2) is 78.0 Å². The van der Waals surface area contributed by atoms with E-state index in [-0.39, 0.29) is 11.9 Å². The van der Waals surface area contributed by atoms with Crippen molar-refractivity contribution in [1.29, 1.82) is 0 Å². The number of carbonyl (C=O) groups excluding carboxylic acids is 1. The summed E-state index contributed by atoms with van der Waals surface area (Å²) in [6.45, 7) is 4.04. The van der Waals surface area contributed by atoms with Crippen molar-refractivity contribution in [2.45, 2.75) is 30.3 Å². The summed E-state index contributed by atoms with van der Waals surface area (Å²) in [7, 11) is 0. The minimum absolute atomic E-state index is 0.104. The Morgan fingerprint density at radius 3 is 2.39 bits per heavy atom. The third kappa shape index (κ3) is 4.47. The molecule has 1 aromatic heterocycles. The first-order chi connectivity index (χ1) is 16.0. The van der Waals surface area contributed by atoms with Gasteiger partial charge < -0.3 is 10.7 Å². The molecule has 0 saturated carbocycles. The first-order valence-corrected chi connectivity index (χ1v) is 11.8. The van der Waals surface area contributed by atoms with Gasteiger partial charge in [0.25, 0.3) is 0 Å². The smallest absolute Gasteiger partial charge is 0.240 e. The van der Waals surface area contributed by atoms with Crippen LogP contribution in [0, 0.1) is 13.8 Å². The van der Waals surface area contributed by atoms with Gasteiger partial charge in [-0.15, -0.1) is 10.2 Å². The van der Waals surface area contributed by atoms with Crippen molar-refractivity contribution in [3.8, 4) is 11.4 Å². The molecule has 0 fully saturated rings. The van der Waals surface area contributed by atoms with Crippen LogP contribution in [-0.4, -0.2) is 26.0 Å². The fourth-order valence-corrected chi connectivity index (χ4v) is 5.22. The molecule has 1 amide bonds. The van der Waals surface area contributed by atoms with Crippen LogP contribution in [0.3, 0.4) is 0 Å². The Balaban J connectivity index is 1.51. The van der Waals surface area contributed by atoms with E-state index < -0.39 is 5.25 Å². The summed E-state index contributed by atoms with van der Waals surface area (Å²) in [6.07, 6.45) is 0. The predicted molar refractivity (Wildman–Crippen MR) is 133 cm³/mol. The Hall–Kier alpha value is -3.29. The van der Waals surface area contributed by atoms with E-state index in [0.717, 1.165) is 27.9 Å². The van der Waals surface area contributed by atoms with E-state index in [4.69, 9.17) is 11.6 Å². The van der Waals surface area contributed by atoms with Gasteiger partial charge in [-0.2, -0.15) is 0 Å². The van der Waals surface area contributed by atoms with Gasteiger partial charge in [-0.1, -0.05) is 71.9 Å². The molecule has 5 rings (SSSR count). The van der Waals surface area contributed by atoms with Crippen LogP contribution >= 0.6 is 23.4 Å². The second-order valence-corrected chi connectivity index (χ2v) is 9.62. The van der Waals surface area contributed by atoms with Gasteiger partial charge in [0.1, 0.15) is 5.25 Å². The molecule has 8 heteroatoms. The van der Waals surface area contributed by atoms with Crippen molar-refractivity contribution in [2.75, 3.05) is 10.7 Å². The van der Waals surface area contributed by atoms with Crippen LogP contribution in [0.1, 0.15) is 22.7 Å². The number of hydrogen-bond donors (Lipinski definition) is 2. The molecule has 4 aromatic rings. The van der Waals surface area contributed by atoms with Gasteiger partial charge in [-0.05, 0) is 54.8 Å². The summed E-state index contributed by atoms with van der Waals surface area (Å²) in [5.74, 6) is 0.596. The maximum absolute atomic E-state index is 13.5. The second kappa shape index (κ2) is 8.92. The van der Waals surface area contributed by atoms with Crippen LogP contribution < -0.4 is 10.7 Å². The van der Waals surface area contributed by atoms with Crippen molar-refractivity contribution in [3.63, 3.8) is 0 Å². The van der Waals surface area contributed by atoms with E-state index in [1.54, 1.807) is 0 Å². The van der Waals surface area contributed by atoms with Gasteiger partial charge >= 0.3 is 0 Å². The predicted octanol–water partition coefficient (Wildman–Crippen LogP) is 5.61. The highest BCUT2D eigenvalue weighted by Crippen LogP contribution is 2.39.